The van der Waals surface area contributed by atoms with Crippen LogP contribution >= 0.6 is 0 Å². The molecule has 8 nitrogen and oxygen atoms in total. The van der Waals surface area contributed by atoms with E-state index in [2.05, 4.69) is 40.0 Å². The number of likely N-dealkylation sites (N-methyl/N-ethyl adjacent to an activating group) is 2. The van der Waals surface area contributed by atoms with Gasteiger partial charge in [-0.15, -0.1) is 10.2 Å². The van der Waals surface area contributed by atoms with E-state index in [1.807, 2.05) is 46.9 Å². The van der Waals surface area contributed by atoms with E-state index in [-0.39, 0.29) is 11.7 Å². The molecule has 8 heteroatoms. The number of benzene rings is 2. The molecule has 0 saturated carbocycles. The minimum atomic E-state index is -0.0654. The van der Waals surface area contributed by atoms with Crippen molar-refractivity contribution in [2.45, 2.75) is 19.6 Å². The second-order valence-electron chi connectivity index (χ2n) is 8.08. The van der Waals surface area contributed by atoms with Crippen LogP contribution in [0.3, 0.4) is 0 Å². The average Bonchev–Trinajstić information content (AvgIpc) is 3.20. The van der Waals surface area contributed by atoms with Crippen molar-refractivity contribution in [1.29, 1.82) is 0 Å². The number of aromatic nitrogens is 4. The van der Waals surface area contributed by atoms with Gasteiger partial charge in [-0.3, -0.25) is 18.7 Å². The van der Waals surface area contributed by atoms with E-state index in [0.29, 0.717) is 17.7 Å². The van der Waals surface area contributed by atoms with Gasteiger partial charge in [0.15, 0.2) is 5.82 Å². The molecule has 4 aromatic rings. The molecule has 1 aliphatic heterocycles. The fourth-order valence-electron chi connectivity index (χ4n) is 4.42. The molecular weight excluding hydrogens is 392 g/mol. The maximum absolute atomic E-state index is 12.6. The predicted molar refractivity (Wildman–Crippen MR) is 121 cm³/mol. The maximum Gasteiger partial charge on any atom is 0.262 e. The molecule has 0 N–H and O–H groups in total. The lowest BCUT2D eigenvalue weighted by Crippen LogP contribution is -2.45. The molecular formula is C23H26N6O2. The Balaban J connectivity index is 1.42. The van der Waals surface area contributed by atoms with E-state index in [4.69, 9.17) is 4.74 Å². The average molecular weight is 419 g/mol. The molecule has 0 amide bonds. The summed E-state index contributed by atoms with van der Waals surface area (Å²) < 4.78 is 9.80. The zero-order valence-corrected chi connectivity index (χ0v) is 18.0. The molecule has 31 heavy (non-hydrogen) atoms. The Morgan fingerprint density at radius 2 is 1.90 bits per heavy atom. The van der Waals surface area contributed by atoms with Crippen molar-refractivity contribution in [3.63, 3.8) is 0 Å². The Hall–Kier alpha value is -3.39. The molecule has 160 valence electrons. The summed E-state index contributed by atoms with van der Waals surface area (Å²) in [5.41, 5.74) is 1.91. The standard InChI is InChI=1S/C23H26N6O2/c1-4-28-14-16(31-20-12-8-7-11-19(20)28)13-26(2)15-21-24-25-23-27(3)22(30)17-9-5-6-10-18(17)29(21)23/h5-12,16H,4,13-15H2,1-3H3. The largest absolute Gasteiger partial charge is 0.485 e. The molecule has 0 bridgehead atoms. The lowest BCUT2D eigenvalue weighted by Gasteiger charge is -2.37. The Labute approximate surface area is 180 Å². The number of hydrogen-bond acceptors (Lipinski definition) is 6. The van der Waals surface area contributed by atoms with E-state index in [0.717, 1.165) is 42.4 Å². The fourth-order valence-corrected chi connectivity index (χ4v) is 4.42. The Morgan fingerprint density at radius 3 is 2.74 bits per heavy atom. The number of aryl methyl sites for hydroxylation is 1. The van der Waals surface area contributed by atoms with Gasteiger partial charge in [0.05, 0.1) is 29.7 Å². The van der Waals surface area contributed by atoms with Gasteiger partial charge in [-0.05, 0) is 38.2 Å². The SMILES string of the molecule is CCN1CC(CN(C)Cc2nnc3n(C)c(=O)c4ccccc4n23)Oc2ccccc21. The first kappa shape index (κ1) is 19.6. The normalized spacial score (nSPS) is 16.1. The van der Waals surface area contributed by atoms with Gasteiger partial charge in [0, 0.05) is 20.1 Å². The van der Waals surface area contributed by atoms with Crippen molar-refractivity contribution in [3.8, 4) is 5.75 Å². The van der Waals surface area contributed by atoms with Crippen LogP contribution in [0.15, 0.2) is 53.3 Å². The highest BCUT2D eigenvalue weighted by atomic mass is 16.5. The summed E-state index contributed by atoms with van der Waals surface area (Å²) in [4.78, 5) is 17.2. The first-order valence-corrected chi connectivity index (χ1v) is 10.6. The molecule has 0 saturated heterocycles. The second kappa shape index (κ2) is 7.70. The van der Waals surface area contributed by atoms with Gasteiger partial charge >= 0.3 is 0 Å². The summed E-state index contributed by atoms with van der Waals surface area (Å²) in [7, 11) is 3.80. The van der Waals surface area contributed by atoms with Gasteiger partial charge in [-0.25, -0.2) is 0 Å². The van der Waals surface area contributed by atoms with Gasteiger partial charge < -0.3 is 9.64 Å². The van der Waals surface area contributed by atoms with E-state index >= 15 is 0 Å². The number of fused-ring (bicyclic) bond motifs is 4. The summed E-state index contributed by atoms with van der Waals surface area (Å²) in [6.45, 7) is 5.30. The molecule has 2 aromatic heterocycles. The number of rotatable bonds is 5. The van der Waals surface area contributed by atoms with Gasteiger partial charge in [0.2, 0.25) is 5.78 Å². The minimum absolute atomic E-state index is 0.0557. The van der Waals surface area contributed by atoms with E-state index in [1.165, 1.54) is 0 Å². The monoisotopic (exact) mass is 418 g/mol. The van der Waals surface area contributed by atoms with Crippen LogP contribution in [0.1, 0.15) is 12.7 Å². The van der Waals surface area contributed by atoms with Crippen LogP contribution in [-0.4, -0.2) is 56.9 Å². The first-order chi connectivity index (χ1) is 15.1. The summed E-state index contributed by atoms with van der Waals surface area (Å²) in [5.74, 6) is 2.28. The highest BCUT2D eigenvalue weighted by molar-refractivity contribution is 5.80. The van der Waals surface area contributed by atoms with Crippen molar-refractivity contribution in [3.05, 3.63) is 64.7 Å². The second-order valence-corrected chi connectivity index (χ2v) is 8.08. The van der Waals surface area contributed by atoms with Crippen molar-refractivity contribution >= 4 is 22.4 Å². The van der Waals surface area contributed by atoms with E-state index < -0.39 is 0 Å². The molecule has 5 rings (SSSR count). The maximum atomic E-state index is 12.6. The third kappa shape index (κ3) is 3.33. The molecule has 1 unspecified atom stereocenters. The number of anilines is 1. The van der Waals surface area contributed by atoms with Gasteiger partial charge in [-0.1, -0.05) is 24.3 Å². The quantitative estimate of drug-likeness (QED) is 0.496. The minimum Gasteiger partial charge on any atom is -0.485 e. The number of ether oxygens (including phenoxy) is 1. The van der Waals surface area contributed by atoms with Crippen LogP contribution < -0.4 is 15.2 Å². The van der Waals surface area contributed by atoms with Crippen LogP contribution in [0.5, 0.6) is 5.75 Å². The Kier molecular flexibility index (Phi) is 4.86. The van der Waals surface area contributed by atoms with Crippen LogP contribution in [0, 0.1) is 0 Å². The molecule has 0 fully saturated rings. The molecule has 0 spiro atoms. The van der Waals surface area contributed by atoms with Gasteiger partial charge in [-0.2, -0.15) is 0 Å². The molecule has 0 aliphatic carbocycles. The third-order valence-electron chi connectivity index (χ3n) is 5.92. The van der Waals surface area contributed by atoms with Crippen molar-refractivity contribution in [2.24, 2.45) is 7.05 Å². The van der Waals surface area contributed by atoms with Crippen LogP contribution in [-0.2, 0) is 13.6 Å². The number of para-hydroxylation sites is 3. The lowest BCUT2D eigenvalue weighted by molar-refractivity contribution is 0.138. The van der Waals surface area contributed by atoms with Crippen LogP contribution in [0.25, 0.3) is 16.7 Å². The molecule has 0 radical (unpaired) electrons. The van der Waals surface area contributed by atoms with Crippen LogP contribution in [0.2, 0.25) is 0 Å². The fraction of sp³-hybridized carbons (Fsp3) is 0.348. The summed E-state index contributed by atoms with van der Waals surface area (Å²) >= 11 is 0. The van der Waals surface area contributed by atoms with Crippen LogP contribution in [0.4, 0.5) is 5.69 Å². The molecule has 1 atom stereocenters. The Morgan fingerprint density at radius 1 is 1.13 bits per heavy atom. The smallest absolute Gasteiger partial charge is 0.262 e. The van der Waals surface area contributed by atoms with Gasteiger partial charge in [0.25, 0.3) is 5.56 Å². The summed E-state index contributed by atoms with van der Waals surface area (Å²) in [6.07, 6.45) is 0.0557. The van der Waals surface area contributed by atoms with Gasteiger partial charge in [0.1, 0.15) is 11.9 Å². The topological polar surface area (TPSA) is 67.9 Å². The highest BCUT2D eigenvalue weighted by Gasteiger charge is 2.26. The Bertz CT molecular complexity index is 1310. The third-order valence-corrected chi connectivity index (χ3v) is 5.92. The van der Waals surface area contributed by atoms with Crippen molar-refractivity contribution in [1.82, 2.24) is 24.1 Å². The molecule has 2 aromatic carbocycles. The number of hydrogen-bond donors (Lipinski definition) is 0. The zero-order chi connectivity index (χ0) is 21.5. The highest BCUT2D eigenvalue weighted by Crippen LogP contribution is 2.32. The van der Waals surface area contributed by atoms with E-state index in [9.17, 15) is 4.79 Å². The predicted octanol–water partition coefficient (Wildman–Crippen LogP) is 2.30. The van der Waals surface area contributed by atoms with E-state index in [1.54, 1.807) is 11.6 Å². The molecule has 3 heterocycles. The molecule has 1 aliphatic rings. The zero-order valence-electron chi connectivity index (χ0n) is 18.0. The van der Waals surface area contributed by atoms with Crippen molar-refractivity contribution in [2.75, 3.05) is 31.6 Å². The number of nitrogens with zero attached hydrogens (tertiary/aromatic N) is 6. The van der Waals surface area contributed by atoms with Crippen molar-refractivity contribution < 1.29 is 4.74 Å². The summed E-state index contributed by atoms with van der Waals surface area (Å²) in [5, 5.41) is 9.36. The lowest BCUT2D eigenvalue weighted by atomic mass is 10.2. The first-order valence-electron chi connectivity index (χ1n) is 10.6. The summed E-state index contributed by atoms with van der Waals surface area (Å²) in [6, 6.07) is 15.8.